The van der Waals surface area contributed by atoms with Crippen LogP contribution in [0, 0.1) is 0 Å². The molecule has 0 bridgehead atoms. The fraction of sp³-hybridized carbons (Fsp3) is 0.400. The zero-order valence-corrected chi connectivity index (χ0v) is 12.0. The second kappa shape index (κ2) is 5.55. The van der Waals surface area contributed by atoms with Gasteiger partial charge in [0.2, 0.25) is 5.91 Å². The van der Waals surface area contributed by atoms with Crippen molar-refractivity contribution in [3.63, 3.8) is 0 Å². The summed E-state index contributed by atoms with van der Waals surface area (Å²) in [6.45, 7) is 3.67. The summed E-state index contributed by atoms with van der Waals surface area (Å²) >= 11 is 0. The summed E-state index contributed by atoms with van der Waals surface area (Å²) < 4.78 is 7.33. The molecule has 6 nitrogen and oxygen atoms in total. The van der Waals surface area contributed by atoms with Gasteiger partial charge in [0.05, 0.1) is 24.8 Å². The van der Waals surface area contributed by atoms with Crippen LogP contribution in [0.15, 0.2) is 36.7 Å². The van der Waals surface area contributed by atoms with Crippen molar-refractivity contribution >= 4 is 5.91 Å². The molecule has 0 spiro atoms. The average Bonchev–Trinajstić information content (AvgIpc) is 3.01. The summed E-state index contributed by atoms with van der Waals surface area (Å²) in [4.78, 5) is 12.6. The Balaban J connectivity index is 1.69. The van der Waals surface area contributed by atoms with Crippen LogP contribution in [0.5, 0.6) is 5.75 Å². The summed E-state index contributed by atoms with van der Waals surface area (Å²) in [5.74, 6) is 0.830. The number of ether oxygens (including phenoxy) is 1. The van der Waals surface area contributed by atoms with Gasteiger partial charge in [-0.3, -0.25) is 9.48 Å². The van der Waals surface area contributed by atoms with E-state index in [1.54, 1.807) is 17.1 Å². The van der Waals surface area contributed by atoms with Gasteiger partial charge in [-0.05, 0) is 19.4 Å². The molecule has 0 saturated heterocycles. The summed E-state index contributed by atoms with van der Waals surface area (Å²) in [7, 11) is 0. The number of rotatable bonds is 4. The third kappa shape index (κ3) is 2.61. The molecule has 0 radical (unpaired) electrons. The van der Waals surface area contributed by atoms with Crippen molar-refractivity contribution in [2.75, 3.05) is 13.2 Å². The maximum absolute atomic E-state index is 12.6. The molecule has 1 aliphatic rings. The molecule has 1 aliphatic heterocycles. The number of carbonyl (C=O) groups is 1. The molecule has 1 aromatic carbocycles. The number of aromatic nitrogens is 3. The second-order valence-corrected chi connectivity index (χ2v) is 5.35. The van der Waals surface area contributed by atoms with Gasteiger partial charge in [0.1, 0.15) is 5.75 Å². The number of fused-ring (bicyclic) bond motifs is 1. The largest absolute Gasteiger partial charge is 0.493 e. The van der Waals surface area contributed by atoms with Gasteiger partial charge in [-0.25, -0.2) is 0 Å². The molecule has 2 aromatic rings. The zero-order valence-electron chi connectivity index (χ0n) is 12.0. The van der Waals surface area contributed by atoms with Gasteiger partial charge in [0, 0.05) is 18.3 Å². The van der Waals surface area contributed by atoms with E-state index in [2.05, 4.69) is 15.6 Å². The molecule has 0 saturated carbocycles. The van der Waals surface area contributed by atoms with E-state index in [-0.39, 0.29) is 5.91 Å². The molecule has 1 unspecified atom stereocenters. The molecule has 0 fully saturated rings. The van der Waals surface area contributed by atoms with Crippen molar-refractivity contribution in [3.8, 4) is 5.75 Å². The van der Waals surface area contributed by atoms with Crippen molar-refractivity contribution in [2.24, 2.45) is 0 Å². The van der Waals surface area contributed by atoms with Crippen molar-refractivity contribution in [3.05, 3.63) is 42.2 Å². The second-order valence-electron chi connectivity index (χ2n) is 5.35. The molecule has 1 amide bonds. The van der Waals surface area contributed by atoms with Crippen LogP contribution < -0.4 is 10.1 Å². The monoisotopic (exact) mass is 286 g/mol. The van der Waals surface area contributed by atoms with Crippen molar-refractivity contribution in [2.45, 2.75) is 25.3 Å². The summed E-state index contributed by atoms with van der Waals surface area (Å²) in [5, 5.41) is 10.6. The van der Waals surface area contributed by atoms with E-state index in [1.165, 1.54) is 0 Å². The average molecular weight is 286 g/mol. The number of para-hydroxylation sites is 1. The van der Waals surface area contributed by atoms with E-state index in [0.717, 1.165) is 11.3 Å². The smallest absolute Gasteiger partial charge is 0.230 e. The number of hydrogen-bond acceptors (Lipinski definition) is 4. The van der Waals surface area contributed by atoms with Gasteiger partial charge < -0.3 is 10.1 Å². The minimum atomic E-state index is -0.544. The number of benzene rings is 1. The van der Waals surface area contributed by atoms with Gasteiger partial charge in [0.15, 0.2) is 0 Å². The molecular weight excluding hydrogens is 268 g/mol. The first kappa shape index (κ1) is 13.6. The lowest BCUT2D eigenvalue weighted by Gasteiger charge is -2.34. The quantitative estimate of drug-likeness (QED) is 0.915. The van der Waals surface area contributed by atoms with Crippen LogP contribution in [0.4, 0.5) is 0 Å². The molecule has 1 atom stereocenters. The molecule has 1 N–H and O–H groups in total. The fourth-order valence-electron chi connectivity index (χ4n) is 2.62. The normalized spacial score (nSPS) is 20.4. The van der Waals surface area contributed by atoms with E-state index in [1.807, 2.05) is 31.2 Å². The molecule has 110 valence electrons. The van der Waals surface area contributed by atoms with Gasteiger partial charge in [0.25, 0.3) is 0 Å². The lowest BCUT2D eigenvalue weighted by molar-refractivity contribution is -0.127. The first-order valence-electron chi connectivity index (χ1n) is 7.05. The van der Waals surface area contributed by atoms with Gasteiger partial charge in [-0.2, -0.15) is 0 Å². The Morgan fingerprint density at radius 2 is 2.33 bits per heavy atom. The maximum atomic E-state index is 12.6. The van der Waals surface area contributed by atoms with E-state index >= 15 is 0 Å². The Hall–Kier alpha value is -2.37. The van der Waals surface area contributed by atoms with Crippen LogP contribution in [0.1, 0.15) is 18.9 Å². The van der Waals surface area contributed by atoms with Gasteiger partial charge in [-0.1, -0.05) is 23.4 Å². The van der Waals surface area contributed by atoms with E-state index < -0.39 is 5.41 Å². The highest BCUT2D eigenvalue weighted by Crippen LogP contribution is 2.38. The molecule has 0 aliphatic carbocycles. The Kier molecular flexibility index (Phi) is 3.60. The molecule has 3 rings (SSSR count). The van der Waals surface area contributed by atoms with Crippen LogP contribution >= 0.6 is 0 Å². The van der Waals surface area contributed by atoms with Crippen molar-refractivity contribution in [1.29, 1.82) is 0 Å². The minimum absolute atomic E-state index is 0.0263. The first-order chi connectivity index (χ1) is 10.2. The summed E-state index contributed by atoms with van der Waals surface area (Å²) in [5.41, 5.74) is 0.409. The highest BCUT2D eigenvalue weighted by molar-refractivity contribution is 5.88. The number of nitrogens with one attached hydrogen (secondary N) is 1. The maximum Gasteiger partial charge on any atom is 0.230 e. The Labute approximate surface area is 123 Å². The highest BCUT2D eigenvalue weighted by atomic mass is 16.5. The number of amides is 1. The molecular formula is C15H18N4O2. The van der Waals surface area contributed by atoms with E-state index in [0.29, 0.717) is 26.1 Å². The zero-order chi connectivity index (χ0) is 14.7. The molecule has 21 heavy (non-hydrogen) atoms. The predicted molar refractivity (Wildman–Crippen MR) is 76.9 cm³/mol. The lowest BCUT2D eigenvalue weighted by Crippen LogP contribution is -2.46. The van der Waals surface area contributed by atoms with Gasteiger partial charge >= 0.3 is 0 Å². The Morgan fingerprint density at radius 1 is 1.48 bits per heavy atom. The minimum Gasteiger partial charge on any atom is -0.493 e. The highest BCUT2D eigenvalue weighted by Gasteiger charge is 2.39. The molecule has 6 heteroatoms. The SMILES string of the molecule is CC1(C(=O)NCCn2ccnn2)CCOc2ccccc21. The Bertz CT molecular complexity index is 626. The molecule has 1 aromatic heterocycles. The van der Waals surface area contributed by atoms with Crippen LogP contribution in [0.2, 0.25) is 0 Å². The van der Waals surface area contributed by atoms with Crippen molar-refractivity contribution < 1.29 is 9.53 Å². The van der Waals surface area contributed by atoms with Crippen LogP contribution in [-0.4, -0.2) is 34.1 Å². The summed E-state index contributed by atoms with van der Waals surface area (Å²) in [6, 6.07) is 7.74. The van der Waals surface area contributed by atoms with Crippen LogP contribution in [0.3, 0.4) is 0 Å². The van der Waals surface area contributed by atoms with Crippen LogP contribution in [-0.2, 0) is 16.8 Å². The third-order valence-corrected chi connectivity index (χ3v) is 3.94. The van der Waals surface area contributed by atoms with Gasteiger partial charge in [-0.15, -0.1) is 5.10 Å². The lowest BCUT2D eigenvalue weighted by atomic mass is 9.77. The van der Waals surface area contributed by atoms with Crippen molar-refractivity contribution in [1.82, 2.24) is 20.3 Å². The van der Waals surface area contributed by atoms with E-state index in [9.17, 15) is 4.79 Å². The van der Waals surface area contributed by atoms with E-state index in [4.69, 9.17) is 4.74 Å². The third-order valence-electron chi connectivity index (χ3n) is 3.94. The Morgan fingerprint density at radius 3 is 3.14 bits per heavy atom. The fourth-order valence-corrected chi connectivity index (χ4v) is 2.62. The topological polar surface area (TPSA) is 69.0 Å². The van der Waals surface area contributed by atoms with Crippen LogP contribution in [0.25, 0.3) is 0 Å². The number of carbonyl (C=O) groups excluding carboxylic acids is 1. The number of nitrogens with zero attached hydrogens (tertiary/aromatic N) is 3. The first-order valence-corrected chi connectivity index (χ1v) is 7.05. The summed E-state index contributed by atoms with van der Waals surface area (Å²) in [6.07, 6.45) is 4.08. The number of hydrogen-bond donors (Lipinski definition) is 1. The standard InChI is InChI=1S/C15H18N4O2/c1-15(6-11-21-13-5-3-2-4-12(13)15)14(20)16-7-9-19-10-8-17-18-19/h2-5,8,10H,6-7,9,11H2,1H3,(H,16,20). The predicted octanol–water partition coefficient (Wildman–Crippen LogP) is 1.13. The molecule has 2 heterocycles.